The largest absolute Gasteiger partial charge is 0.353 e. The molecular formula is C14H17FN2O2S. The van der Waals surface area contributed by atoms with Crippen LogP contribution in [0.25, 0.3) is 0 Å². The van der Waals surface area contributed by atoms with Gasteiger partial charge in [-0.15, -0.1) is 12.6 Å². The minimum Gasteiger partial charge on any atom is -0.353 e. The van der Waals surface area contributed by atoms with Crippen molar-refractivity contribution in [1.82, 2.24) is 10.2 Å². The summed E-state index contributed by atoms with van der Waals surface area (Å²) in [5, 5.41) is 2.86. The van der Waals surface area contributed by atoms with Crippen molar-refractivity contribution >= 4 is 24.4 Å². The van der Waals surface area contributed by atoms with Gasteiger partial charge in [0.05, 0.1) is 0 Å². The predicted octanol–water partition coefficient (Wildman–Crippen LogP) is 1.86. The van der Waals surface area contributed by atoms with E-state index in [1.807, 2.05) is 0 Å². The number of amides is 2. The summed E-state index contributed by atoms with van der Waals surface area (Å²) in [5.74, 6) is -0.608. The Balaban J connectivity index is 1.97. The third kappa shape index (κ3) is 3.50. The molecule has 1 aliphatic rings. The monoisotopic (exact) mass is 296 g/mol. The molecule has 2 amide bonds. The Morgan fingerprint density at radius 1 is 1.35 bits per heavy atom. The molecule has 0 aliphatic carbocycles. The summed E-state index contributed by atoms with van der Waals surface area (Å²) in [7, 11) is 0. The minimum absolute atomic E-state index is 0.0481. The van der Waals surface area contributed by atoms with Crippen LogP contribution in [-0.4, -0.2) is 35.8 Å². The molecule has 1 fully saturated rings. The average Bonchev–Trinajstić information content (AvgIpc) is 2.41. The minimum atomic E-state index is -0.436. The van der Waals surface area contributed by atoms with Crippen molar-refractivity contribution in [3.05, 3.63) is 29.6 Å². The Hall–Kier alpha value is -1.56. The van der Waals surface area contributed by atoms with Gasteiger partial charge in [0, 0.05) is 36.5 Å². The first kappa shape index (κ1) is 14.8. The van der Waals surface area contributed by atoms with E-state index >= 15 is 0 Å². The third-order valence-corrected chi connectivity index (χ3v) is 3.73. The zero-order valence-corrected chi connectivity index (χ0v) is 12.1. The maximum Gasteiger partial charge on any atom is 0.253 e. The van der Waals surface area contributed by atoms with Crippen molar-refractivity contribution in [1.29, 1.82) is 0 Å². The number of carbonyl (C=O) groups is 2. The molecule has 0 unspecified atom stereocenters. The number of halogens is 1. The van der Waals surface area contributed by atoms with Crippen molar-refractivity contribution < 1.29 is 14.0 Å². The molecule has 1 aliphatic heterocycles. The van der Waals surface area contributed by atoms with Crippen LogP contribution in [0.5, 0.6) is 0 Å². The Bertz CT molecular complexity index is 528. The lowest BCUT2D eigenvalue weighted by molar-refractivity contribution is -0.119. The second kappa shape index (κ2) is 6.26. The fourth-order valence-electron chi connectivity index (χ4n) is 2.34. The molecule has 0 radical (unpaired) electrons. The molecule has 1 heterocycles. The van der Waals surface area contributed by atoms with E-state index < -0.39 is 5.82 Å². The van der Waals surface area contributed by atoms with Gasteiger partial charge in [0.25, 0.3) is 5.91 Å². The highest BCUT2D eigenvalue weighted by Crippen LogP contribution is 2.18. The van der Waals surface area contributed by atoms with Crippen molar-refractivity contribution in [3.8, 4) is 0 Å². The highest BCUT2D eigenvalue weighted by Gasteiger charge is 2.24. The van der Waals surface area contributed by atoms with Crippen LogP contribution in [0, 0.1) is 5.82 Å². The summed E-state index contributed by atoms with van der Waals surface area (Å²) in [5.41, 5.74) is 0.439. The van der Waals surface area contributed by atoms with Crippen molar-refractivity contribution in [3.63, 3.8) is 0 Å². The van der Waals surface area contributed by atoms with Crippen molar-refractivity contribution in [2.24, 2.45) is 0 Å². The maximum atomic E-state index is 13.1. The molecule has 6 heteroatoms. The van der Waals surface area contributed by atoms with Gasteiger partial charge in [-0.25, -0.2) is 4.39 Å². The Morgan fingerprint density at radius 2 is 2.00 bits per heavy atom. The number of rotatable bonds is 2. The lowest BCUT2D eigenvalue weighted by Crippen LogP contribution is -2.46. The molecule has 0 atom stereocenters. The second-order valence-electron chi connectivity index (χ2n) is 4.93. The Morgan fingerprint density at radius 3 is 2.55 bits per heavy atom. The molecule has 0 aromatic heterocycles. The lowest BCUT2D eigenvalue weighted by atomic mass is 10.0. The van der Waals surface area contributed by atoms with Crippen LogP contribution < -0.4 is 5.32 Å². The Labute approximate surface area is 122 Å². The highest BCUT2D eigenvalue weighted by molar-refractivity contribution is 7.80. The molecule has 2 rings (SSSR count). The van der Waals surface area contributed by atoms with Gasteiger partial charge in [0.2, 0.25) is 5.91 Å². The summed E-state index contributed by atoms with van der Waals surface area (Å²) in [6, 6.07) is 4.29. The van der Waals surface area contributed by atoms with E-state index in [0.717, 1.165) is 12.8 Å². The smallest absolute Gasteiger partial charge is 0.253 e. The number of likely N-dealkylation sites (tertiary alicyclic amines) is 1. The van der Waals surface area contributed by atoms with Gasteiger partial charge in [-0.2, -0.15) is 0 Å². The van der Waals surface area contributed by atoms with Gasteiger partial charge in [0.15, 0.2) is 0 Å². The zero-order valence-electron chi connectivity index (χ0n) is 11.2. The molecule has 1 aromatic rings. The van der Waals surface area contributed by atoms with Crippen LogP contribution in [0.3, 0.4) is 0 Å². The van der Waals surface area contributed by atoms with Crippen LogP contribution in [-0.2, 0) is 4.79 Å². The topological polar surface area (TPSA) is 49.4 Å². The van der Waals surface area contributed by atoms with Gasteiger partial charge in [-0.3, -0.25) is 9.59 Å². The van der Waals surface area contributed by atoms with E-state index in [4.69, 9.17) is 0 Å². The van der Waals surface area contributed by atoms with E-state index in [-0.39, 0.29) is 22.8 Å². The molecular weight excluding hydrogens is 279 g/mol. The van der Waals surface area contributed by atoms with E-state index in [1.54, 1.807) is 4.90 Å². The number of nitrogens with zero attached hydrogens (tertiary/aromatic N) is 1. The third-order valence-electron chi connectivity index (χ3n) is 3.38. The van der Waals surface area contributed by atoms with Gasteiger partial charge in [0.1, 0.15) is 5.82 Å². The number of carbonyl (C=O) groups excluding carboxylic acids is 2. The van der Waals surface area contributed by atoms with E-state index in [2.05, 4.69) is 17.9 Å². The van der Waals surface area contributed by atoms with Crippen LogP contribution in [0.4, 0.5) is 4.39 Å². The maximum absolute atomic E-state index is 13.1. The van der Waals surface area contributed by atoms with Crippen LogP contribution in [0.15, 0.2) is 23.1 Å². The van der Waals surface area contributed by atoms with E-state index in [1.165, 1.54) is 25.1 Å². The summed E-state index contributed by atoms with van der Waals surface area (Å²) >= 11 is 3.98. The SMILES string of the molecule is CC(=O)NC1CCN(C(=O)c2ccc(F)c(S)c2)CC1. The molecule has 1 saturated heterocycles. The number of nitrogens with one attached hydrogen (secondary N) is 1. The van der Waals surface area contributed by atoms with Crippen LogP contribution in [0.2, 0.25) is 0 Å². The number of piperidine rings is 1. The zero-order chi connectivity index (χ0) is 14.7. The van der Waals surface area contributed by atoms with Gasteiger partial charge >= 0.3 is 0 Å². The molecule has 20 heavy (non-hydrogen) atoms. The number of thiol groups is 1. The fraction of sp³-hybridized carbons (Fsp3) is 0.429. The predicted molar refractivity (Wildman–Crippen MR) is 76.4 cm³/mol. The normalized spacial score (nSPS) is 16.1. The molecule has 0 spiro atoms. The fourth-order valence-corrected chi connectivity index (χ4v) is 2.56. The Kier molecular flexibility index (Phi) is 4.65. The summed E-state index contributed by atoms with van der Waals surface area (Å²) in [6.07, 6.45) is 1.47. The summed E-state index contributed by atoms with van der Waals surface area (Å²) in [4.78, 5) is 25.1. The van der Waals surface area contributed by atoms with Crippen molar-refractivity contribution in [2.45, 2.75) is 30.7 Å². The van der Waals surface area contributed by atoms with Gasteiger partial charge in [-0.1, -0.05) is 0 Å². The summed E-state index contributed by atoms with van der Waals surface area (Å²) in [6.45, 7) is 2.66. The van der Waals surface area contributed by atoms with Gasteiger partial charge < -0.3 is 10.2 Å². The standard InChI is InChI=1S/C14H17FN2O2S/c1-9(18)16-11-4-6-17(7-5-11)14(19)10-2-3-12(15)13(20)8-10/h2-3,8,11,20H,4-7H2,1H3,(H,16,18). The number of hydrogen-bond donors (Lipinski definition) is 2. The first-order chi connectivity index (χ1) is 9.47. The molecule has 1 N–H and O–H groups in total. The second-order valence-corrected chi connectivity index (χ2v) is 5.41. The van der Waals surface area contributed by atoms with Crippen molar-refractivity contribution in [2.75, 3.05) is 13.1 Å². The number of benzene rings is 1. The van der Waals surface area contributed by atoms with Crippen LogP contribution >= 0.6 is 12.6 Å². The number of hydrogen-bond acceptors (Lipinski definition) is 3. The molecule has 0 bridgehead atoms. The highest BCUT2D eigenvalue weighted by atomic mass is 32.1. The first-order valence-electron chi connectivity index (χ1n) is 6.52. The first-order valence-corrected chi connectivity index (χ1v) is 6.97. The van der Waals surface area contributed by atoms with E-state index in [9.17, 15) is 14.0 Å². The molecule has 108 valence electrons. The summed E-state index contributed by atoms with van der Waals surface area (Å²) < 4.78 is 13.1. The quantitative estimate of drug-likeness (QED) is 0.818. The van der Waals surface area contributed by atoms with Crippen LogP contribution in [0.1, 0.15) is 30.1 Å². The van der Waals surface area contributed by atoms with Gasteiger partial charge in [-0.05, 0) is 31.0 Å². The lowest BCUT2D eigenvalue weighted by Gasteiger charge is -2.32. The average molecular weight is 296 g/mol. The van der Waals surface area contributed by atoms with E-state index in [0.29, 0.717) is 18.7 Å². The molecule has 1 aromatic carbocycles. The molecule has 0 saturated carbocycles. The molecule has 4 nitrogen and oxygen atoms in total.